The molecule has 0 aromatic carbocycles. The maximum Gasteiger partial charge on any atom is 0.244 e. The second-order valence-corrected chi connectivity index (χ2v) is 5.94. The Morgan fingerprint density at radius 2 is 2.14 bits per heavy atom. The molecule has 0 bridgehead atoms. The van der Waals surface area contributed by atoms with Crippen molar-refractivity contribution in [2.24, 2.45) is 0 Å². The first-order chi connectivity index (χ1) is 9.92. The first-order valence-electron chi connectivity index (χ1n) is 6.87. The van der Waals surface area contributed by atoms with E-state index in [9.17, 15) is 4.79 Å². The Bertz CT molecular complexity index is 646. The Hall–Kier alpha value is -1.63. The minimum Gasteiger partial charge on any atom is -0.340 e. The summed E-state index contributed by atoms with van der Waals surface area (Å²) in [6.07, 6.45) is 3.70. The summed E-state index contributed by atoms with van der Waals surface area (Å²) in [6.45, 7) is 7.58. The fourth-order valence-electron chi connectivity index (χ4n) is 2.05. The van der Waals surface area contributed by atoms with Crippen LogP contribution in [0.2, 0.25) is 0 Å². The molecule has 6 nitrogen and oxygen atoms in total. The van der Waals surface area contributed by atoms with Crippen LogP contribution in [0.5, 0.6) is 0 Å². The second kappa shape index (κ2) is 6.43. The molecule has 114 valence electrons. The number of carbonyl (C=O) groups is 1. The van der Waals surface area contributed by atoms with Gasteiger partial charge in [0.25, 0.3) is 0 Å². The van der Waals surface area contributed by atoms with Crippen LogP contribution >= 0.6 is 15.9 Å². The molecule has 2 aromatic heterocycles. The lowest BCUT2D eigenvalue weighted by Gasteiger charge is -2.17. The molecule has 0 aliphatic carbocycles. The number of hydrogen-bond donors (Lipinski definition) is 0. The molecule has 0 saturated carbocycles. The van der Waals surface area contributed by atoms with Crippen LogP contribution in [-0.2, 0) is 24.4 Å². The van der Waals surface area contributed by atoms with Gasteiger partial charge in [-0.1, -0.05) is 0 Å². The monoisotopic (exact) mass is 353 g/mol. The first-order valence-corrected chi connectivity index (χ1v) is 7.66. The van der Waals surface area contributed by atoms with Gasteiger partial charge in [-0.15, -0.1) is 0 Å². The van der Waals surface area contributed by atoms with E-state index in [1.807, 2.05) is 31.6 Å². The quantitative estimate of drug-likeness (QED) is 0.827. The maximum atomic E-state index is 12.3. The molecule has 0 fully saturated rings. The number of hydrogen-bond acceptors (Lipinski definition) is 3. The van der Waals surface area contributed by atoms with Crippen LogP contribution < -0.4 is 0 Å². The number of carbonyl (C=O) groups excluding carboxylic acids is 1. The zero-order valence-corrected chi connectivity index (χ0v) is 14.4. The lowest BCUT2D eigenvalue weighted by atomic mass is 10.2. The molecule has 0 saturated heterocycles. The van der Waals surface area contributed by atoms with E-state index < -0.39 is 0 Å². The third-order valence-electron chi connectivity index (χ3n) is 3.53. The molecular formula is C14H20BrN5O. The number of aromatic nitrogens is 4. The summed E-state index contributed by atoms with van der Waals surface area (Å²) in [7, 11) is 1.80. The first kappa shape index (κ1) is 15.8. The van der Waals surface area contributed by atoms with Gasteiger partial charge in [-0.2, -0.15) is 10.2 Å². The van der Waals surface area contributed by atoms with Crippen LogP contribution in [0.15, 0.2) is 16.9 Å². The van der Waals surface area contributed by atoms with Crippen LogP contribution in [0, 0.1) is 13.8 Å². The van der Waals surface area contributed by atoms with Crippen molar-refractivity contribution in [1.82, 2.24) is 24.5 Å². The van der Waals surface area contributed by atoms with Gasteiger partial charge in [0.2, 0.25) is 5.91 Å². The average Bonchev–Trinajstić information content (AvgIpc) is 2.96. The molecule has 0 spiro atoms. The van der Waals surface area contributed by atoms with Crippen LogP contribution in [-0.4, -0.2) is 37.4 Å². The summed E-state index contributed by atoms with van der Waals surface area (Å²) < 4.78 is 4.50. The van der Waals surface area contributed by atoms with Crippen molar-refractivity contribution in [3.8, 4) is 0 Å². The third kappa shape index (κ3) is 3.53. The number of amides is 1. The van der Waals surface area contributed by atoms with Crippen LogP contribution in [0.3, 0.4) is 0 Å². The number of likely N-dealkylation sites (N-methyl/N-ethyl adjacent to an activating group) is 1. The summed E-state index contributed by atoms with van der Waals surface area (Å²) in [5.41, 5.74) is 2.99. The number of halogens is 1. The molecule has 2 rings (SSSR count). The van der Waals surface area contributed by atoms with Gasteiger partial charge in [0.15, 0.2) is 0 Å². The Morgan fingerprint density at radius 3 is 2.67 bits per heavy atom. The largest absolute Gasteiger partial charge is 0.340 e. The van der Waals surface area contributed by atoms with Gasteiger partial charge in [-0.05, 0) is 36.7 Å². The topological polar surface area (TPSA) is 56.0 Å². The van der Waals surface area contributed by atoms with Crippen LogP contribution in [0.4, 0.5) is 0 Å². The molecular weight excluding hydrogens is 334 g/mol. The fourth-order valence-corrected chi connectivity index (χ4v) is 2.35. The van der Waals surface area contributed by atoms with E-state index in [2.05, 4.69) is 26.1 Å². The summed E-state index contributed by atoms with van der Waals surface area (Å²) in [4.78, 5) is 14.0. The van der Waals surface area contributed by atoms with Crippen molar-refractivity contribution in [3.05, 3.63) is 33.8 Å². The van der Waals surface area contributed by atoms with E-state index in [1.54, 1.807) is 22.8 Å². The average molecular weight is 354 g/mol. The molecule has 0 unspecified atom stereocenters. The molecule has 0 atom stereocenters. The van der Waals surface area contributed by atoms with Gasteiger partial charge in [-0.3, -0.25) is 14.2 Å². The van der Waals surface area contributed by atoms with Crippen LogP contribution in [0.1, 0.15) is 23.9 Å². The van der Waals surface area contributed by atoms with Crippen molar-refractivity contribution < 1.29 is 4.79 Å². The highest BCUT2D eigenvalue weighted by Crippen LogP contribution is 2.15. The van der Waals surface area contributed by atoms with E-state index in [-0.39, 0.29) is 12.5 Å². The SMILES string of the molecule is CCn1cc(CN(C)C(=O)Cn2ncc(Br)c2C)c(C)n1. The van der Waals surface area contributed by atoms with E-state index in [1.165, 1.54) is 0 Å². The van der Waals surface area contributed by atoms with E-state index in [4.69, 9.17) is 0 Å². The zero-order valence-electron chi connectivity index (χ0n) is 12.8. The lowest BCUT2D eigenvalue weighted by molar-refractivity contribution is -0.131. The minimum absolute atomic E-state index is 0.0253. The molecule has 0 aliphatic rings. The molecule has 2 aromatic rings. The highest BCUT2D eigenvalue weighted by Gasteiger charge is 2.15. The molecule has 1 amide bonds. The predicted molar refractivity (Wildman–Crippen MR) is 83.8 cm³/mol. The Kier molecular flexibility index (Phi) is 4.82. The van der Waals surface area contributed by atoms with E-state index in [0.29, 0.717) is 6.54 Å². The van der Waals surface area contributed by atoms with Crippen LogP contribution in [0.25, 0.3) is 0 Å². The van der Waals surface area contributed by atoms with Gasteiger partial charge in [0, 0.05) is 31.9 Å². The smallest absolute Gasteiger partial charge is 0.244 e. The summed E-state index contributed by atoms with van der Waals surface area (Å²) in [6, 6.07) is 0. The highest BCUT2D eigenvalue weighted by molar-refractivity contribution is 9.10. The molecule has 0 aliphatic heterocycles. The van der Waals surface area contributed by atoms with Gasteiger partial charge < -0.3 is 4.90 Å². The van der Waals surface area contributed by atoms with E-state index in [0.717, 1.165) is 28.0 Å². The van der Waals surface area contributed by atoms with Crippen molar-refractivity contribution in [2.45, 2.75) is 40.4 Å². The summed E-state index contributed by atoms with van der Waals surface area (Å²) in [5.74, 6) is 0.0253. The highest BCUT2D eigenvalue weighted by atomic mass is 79.9. The van der Waals surface area contributed by atoms with Crippen molar-refractivity contribution in [3.63, 3.8) is 0 Å². The van der Waals surface area contributed by atoms with Gasteiger partial charge in [0.05, 0.1) is 22.1 Å². The zero-order chi connectivity index (χ0) is 15.6. The molecule has 21 heavy (non-hydrogen) atoms. The second-order valence-electron chi connectivity index (χ2n) is 5.08. The number of rotatable bonds is 5. The maximum absolute atomic E-state index is 12.3. The number of aryl methyl sites for hydroxylation is 2. The number of nitrogens with zero attached hydrogens (tertiary/aromatic N) is 5. The van der Waals surface area contributed by atoms with Crippen molar-refractivity contribution >= 4 is 21.8 Å². The summed E-state index contributed by atoms with van der Waals surface area (Å²) >= 11 is 3.40. The van der Waals surface area contributed by atoms with Gasteiger partial charge >= 0.3 is 0 Å². The Morgan fingerprint density at radius 1 is 1.43 bits per heavy atom. The lowest BCUT2D eigenvalue weighted by Crippen LogP contribution is -2.30. The van der Waals surface area contributed by atoms with Crippen molar-refractivity contribution in [1.29, 1.82) is 0 Å². The molecule has 0 N–H and O–H groups in total. The fraction of sp³-hybridized carbons (Fsp3) is 0.500. The normalized spacial score (nSPS) is 10.9. The molecule has 0 radical (unpaired) electrons. The van der Waals surface area contributed by atoms with E-state index >= 15 is 0 Å². The minimum atomic E-state index is 0.0253. The third-order valence-corrected chi connectivity index (χ3v) is 4.31. The predicted octanol–water partition coefficient (Wildman–Crippen LogP) is 2.14. The summed E-state index contributed by atoms with van der Waals surface area (Å²) in [5, 5.41) is 8.58. The molecule has 7 heteroatoms. The molecule has 2 heterocycles. The standard InChI is InChI=1S/C14H20BrN5O/c1-5-19-8-12(10(2)17-19)7-18(4)14(21)9-20-11(3)13(15)6-16-20/h6,8H,5,7,9H2,1-4H3. The van der Waals surface area contributed by atoms with Crippen molar-refractivity contribution in [2.75, 3.05) is 7.05 Å². The Balaban J connectivity index is 2.02. The van der Waals surface area contributed by atoms with Gasteiger partial charge in [-0.25, -0.2) is 0 Å². The Labute approximate surface area is 132 Å². The van der Waals surface area contributed by atoms with Gasteiger partial charge in [0.1, 0.15) is 6.54 Å².